The minimum atomic E-state index is -4.47. The Morgan fingerprint density at radius 1 is 1.27 bits per heavy atom. The van der Waals surface area contributed by atoms with Crippen LogP contribution in [0, 0.1) is 6.92 Å². The maximum Gasteiger partial charge on any atom is 0.416 e. The Morgan fingerprint density at radius 2 is 2.08 bits per heavy atom. The molecule has 136 valence electrons. The third-order valence-electron chi connectivity index (χ3n) is 3.63. The molecule has 0 aliphatic carbocycles. The predicted octanol–water partition coefficient (Wildman–Crippen LogP) is 4.70. The zero-order chi connectivity index (χ0) is 18.7. The highest BCUT2D eigenvalue weighted by Gasteiger charge is 2.32. The summed E-state index contributed by atoms with van der Waals surface area (Å²) in [7, 11) is 0. The van der Waals surface area contributed by atoms with E-state index in [2.05, 4.69) is 15.5 Å². The summed E-state index contributed by atoms with van der Waals surface area (Å²) in [6, 6.07) is 5.52. The molecule has 0 bridgehead atoms. The third-order valence-corrected chi connectivity index (χ3v) is 4.31. The number of carbonyl (C=O) groups excluding carboxylic acids is 1. The molecule has 0 aliphatic heterocycles. The fourth-order valence-corrected chi connectivity index (χ4v) is 2.94. The van der Waals surface area contributed by atoms with Gasteiger partial charge in [0.1, 0.15) is 0 Å². The molecule has 5 nitrogen and oxygen atoms in total. The van der Waals surface area contributed by atoms with E-state index in [1.807, 2.05) is 16.8 Å². The van der Waals surface area contributed by atoms with Gasteiger partial charge in [-0.15, -0.1) is 10.2 Å². The van der Waals surface area contributed by atoms with Crippen LogP contribution in [0.25, 0.3) is 11.5 Å². The molecule has 0 saturated heterocycles. The molecule has 0 fully saturated rings. The number of hydrogen-bond acceptors (Lipinski definition) is 5. The van der Waals surface area contributed by atoms with Crippen molar-refractivity contribution in [3.63, 3.8) is 0 Å². The van der Waals surface area contributed by atoms with Gasteiger partial charge in [-0.2, -0.15) is 24.5 Å². The van der Waals surface area contributed by atoms with Gasteiger partial charge in [0.15, 0.2) is 0 Å². The normalized spacial score (nSPS) is 11.5. The first-order valence-corrected chi connectivity index (χ1v) is 8.60. The molecule has 9 heteroatoms. The van der Waals surface area contributed by atoms with Crippen LogP contribution in [0.15, 0.2) is 39.4 Å². The Hall–Kier alpha value is -2.68. The molecule has 2 heterocycles. The molecule has 1 N–H and O–H groups in total. The van der Waals surface area contributed by atoms with E-state index in [-0.39, 0.29) is 24.1 Å². The third kappa shape index (κ3) is 4.29. The van der Waals surface area contributed by atoms with Crippen molar-refractivity contribution in [2.75, 3.05) is 5.32 Å². The van der Waals surface area contributed by atoms with Crippen LogP contribution in [0.3, 0.4) is 0 Å². The smallest absolute Gasteiger partial charge is 0.416 e. The van der Waals surface area contributed by atoms with E-state index in [1.165, 1.54) is 30.4 Å². The van der Waals surface area contributed by atoms with Crippen molar-refractivity contribution in [1.29, 1.82) is 0 Å². The lowest BCUT2D eigenvalue weighted by molar-refractivity contribution is -0.138. The standard InChI is InChI=1S/C17H14F3N3O2S/c1-10-2-3-12(8-13(10)17(18,19)20)21-14(24)4-5-15-22-23-16(25-15)11-6-7-26-9-11/h2-3,6-9H,4-5H2,1H3,(H,21,24). The molecule has 0 spiro atoms. The van der Waals surface area contributed by atoms with Crippen molar-refractivity contribution >= 4 is 22.9 Å². The number of anilines is 1. The van der Waals surface area contributed by atoms with E-state index in [1.54, 1.807) is 0 Å². The van der Waals surface area contributed by atoms with Gasteiger partial charge in [-0.1, -0.05) is 6.07 Å². The van der Waals surface area contributed by atoms with Gasteiger partial charge in [-0.05, 0) is 36.1 Å². The zero-order valence-corrected chi connectivity index (χ0v) is 14.4. The lowest BCUT2D eigenvalue weighted by Gasteiger charge is -2.12. The van der Waals surface area contributed by atoms with Crippen LogP contribution < -0.4 is 5.32 Å². The number of aromatic nitrogens is 2. The summed E-state index contributed by atoms with van der Waals surface area (Å²) in [6.07, 6.45) is -4.26. The monoisotopic (exact) mass is 381 g/mol. The van der Waals surface area contributed by atoms with E-state index in [9.17, 15) is 18.0 Å². The second-order valence-electron chi connectivity index (χ2n) is 5.59. The van der Waals surface area contributed by atoms with Gasteiger partial charge in [0.25, 0.3) is 0 Å². The van der Waals surface area contributed by atoms with E-state index in [0.717, 1.165) is 11.6 Å². The number of benzene rings is 1. The van der Waals surface area contributed by atoms with E-state index < -0.39 is 17.6 Å². The number of thiophene rings is 1. The van der Waals surface area contributed by atoms with Crippen LogP contribution in [-0.2, 0) is 17.4 Å². The highest BCUT2D eigenvalue weighted by Crippen LogP contribution is 2.33. The second-order valence-corrected chi connectivity index (χ2v) is 6.37. The van der Waals surface area contributed by atoms with Crippen LogP contribution in [0.1, 0.15) is 23.4 Å². The topological polar surface area (TPSA) is 68.0 Å². The van der Waals surface area contributed by atoms with Gasteiger partial charge in [-0.25, -0.2) is 0 Å². The highest BCUT2D eigenvalue weighted by molar-refractivity contribution is 7.08. The quantitative estimate of drug-likeness (QED) is 0.696. The molecule has 1 aromatic carbocycles. The second kappa shape index (κ2) is 7.28. The first-order chi connectivity index (χ1) is 12.3. The maximum absolute atomic E-state index is 12.9. The summed E-state index contributed by atoms with van der Waals surface area (Å²) in [5, 5.41) is 14.0. The van der Waals surface area contributed by atoms with Crippen LogP contribution in [-0.4, -0.2) is 16.1 Å². The van der Waals surface area contributed by atoms with Crippen molar-refractivity contribution in [2.45, 2.75) is 25.9 Å². The Balaban J connectivity index is 1.60. The van der Waals surface area contributed by atoms with Crippen molar-refractivity contribution in [1.82, 2.24) is 10.2 Å². The first-order valence-electron chi connectivity index (χ1n) is 7.65. The first kappa shape index (κ1) is 18.1. The Morgan fingerprint density at radius 3 is 2.77 bits per heavy atom. The number of alkyl halides is 3. The number of nitrogens with zero attached hydrogens (tertiary/aromatic N) is 2. The number of nitrogens with one attached hydrogen (secondary N) is 1. The Kier molecular flexibility index (Phi) is 5.08. The SMILES string of the molecule is Cc1ccc(NC(=O)CCc2nnc(-c3ccsc3)o2)cc1C(F)(F)F. The molecule has 2 aromatic heterocycles. The number of amides is 1. The lowest BCUT2D eigenvalue weighted by atomic mass is 10.1. The van der Waals surface area contributed by atoms with Gasteiger partial charge < -0.3 is 9.73 Å². The van der Waals surface area contributed by atoms with E-state index >= 15 is 0 Å². The number of halogens is 3. The number of rotatable bonds is 5. The fraction of sp³-hybridized carbons (Fsp3) is 0.235. The molecule has 0 atom stereocenters. The number of carbonyl (C=O) groups is 1. The molecule has 0 aliphatic rings. The van der Waals surface area contributed by atoms with Gasteiger partial charge in [-0.3, -0.25) is 4.79 Å². The van der Waals surface area contributed by atoms with Crippen LogP contribution in [0.2, 0.25) is 0 Å². The molecule has 3 aromatic rings. The molecule has 0 unspecified atom stereocenters. The minimum absolute atomic E-state index is 0.0144. The van der Waals surface area contributed by atoms with Crippen LogP contribution in [0.5, 0.6) is 0 Å². The maximum atomic E-state index is 12.9. The molecular formula is C17H14F3N3O2S. The van der Waals surface area contributed by atoms with E-state index in [4.69, 9.17) is 4.42 Å². The summed E-state index contributed by atoms with van der Waals surface area (Å²) >= 11 is 1.49. The summed E-state index contributed by atoms with van der Waals surface area (Å²) in [5.74, 6) is 0.230. The van der Waals surface area contributed by atoms with Crippen molar-refractivity contribution in [3.8, 4) is 11.5 Å². The Bertz CT molecular complexity index is 904. The average molecular weight is 381 g/mol. The van der Waals surface area contributed by atoms with Crippen molar-refractivity contribution in [2.24, 2.45) is 0 Å². The van der Waals surface area contributed by atoms with Gasteiger partial charge >= 0.3 is 6.18 Å². The average Bonchev–Trinajstić information content (AvgIpc) is 3.25. The lowest BCUT2D eigenvalue weighted by Crippen LogP contribution is -2.14. The van der Waals surface area contributed by atoms with Gasteiger partial charge in [0, 0.05) is 29.5 Å². The predicted molar refractivity (Wildman–Crippen MR) is 90.7 cm³/mol. The van der Waals surface area contributed by atoms with Crippen molar-refractivity contribution in [3.05, 3.63) is 52.0 Å². The number of aryl methyl sites for hydroxylation is 2. The van der Waals surface area contributed by atoms with Gasteiger partial charge in [0.2, 0.25) is 17.7 Å². The molecule has 3 rings (SSSR count). The van der Waals surface area contributed by atoms with Crippen LogP contribution >= 0.6 is 11.3 Å². The number of hydrogen-bond donors (Lipinski definition) is 1. The Labute approximate surface area is 150 Å². The van der Waals surface area contributed by atoms with Crippen LogP contribution in [0.4, 0.5) is 18.9 Å². The zero-order valence-electron chi connectivity index (χ0n) is 13.6. The highest BCUT2D eigenvalue weighted by atomic mass is 32.1. The van der Waals surface area contributed by atoms with Crippen molar-refractivity contribution < 1.29 is 22.4 Å². The van der Waals surface area contributed by atoms with Gasteiger partial charge in [0.05, 0.1) is 5.56 Å². The summed E-state index contributed by atoms with van der Waals surface area (Å²) in [4.78, 5) is 12.0. The summed E-state index contributed by atoms with van der Waals surface area (Å²) in [5.41, 5.74) is 0.227. The molecular weight excluding hydrogens is 367 g/mol. The summed E-state index contributed by atoms with van der Waals surface area (Å²) < 4.78 is 44.2. The molecule has 0 saturated carbocycles. The molecule has 1 amide bonds. The minimum Gasteiger partial charge on any atom is -0.421 e. The largest absolute Gasteiger partial charge is 0.421 e. The molecule has 26 heavy (non-hydrogen) atoms. The molecule has 0 radical (unpaired) electrons. The fourth-order valence-electron chi connectivity index (χ4n) is 2.31. The van der Waals surface area contributed by atoms with E-state index in [0.29, 0.717) is 11.8 Å². The summed E-state index contributed by atoms with van der Waals surface area (Å²) in [6.45, 7) is 1.37.